The summed E-state index contributed by atoms with van der Waals surface area (Å²) in [6, 6.07) is 9.85. The zero-order chi connectivity index (χ0) is 21.1. The molecule has 0 radical (unpaired) electrons. The smallest absolute Gasteiger partial charge is 0.270 e. The van der Waals surface area contributed by atoms with E-state index < -0.39 is 11.8 Å². The van der Waals surface area contributed by atoms with Gasteiger partial charge in [-0.05, 0) is 54.7 Å². The highest BCUT2D eigenvalue weighted by Crippen LogP contribution is 2.40. The molecule has 1 fully saturated rings. The number of thiocarbonyl (C=S) groups is 1. The van der Waals surface area contributed by atoms with Crippen LogP contribution >= 0.6 is 23.8 Å². The fourth-order valence-electron chi connectivity index (χ4n) is 2.88. The number of nitrogens with one attached hydrogen (secondary N) is 1. The Labute approximate surface area is 177 Å². The number of carbonyl (C=O) groups excluding carboxylic acids is 2. The van der Waals surface area contributed by atoms with Gasteiger partial charge in [0, 0.05) is 10.6 Å². The molecule has 0 aromatic heterocycles. The lowest BCUT2D eigenvalue weighted by atomic mass is 10.1. The molecule has 0 spiro atoms. The highest BCUT2D eigenvalue weighted by atomic mass is 35.5. The second kappa shape index (κ2) is 8.50. The second-order valence-electron chi connectivity index (χ2n) is 5.86. The average Bonchev–Trinajstić information content (AvgIpc) is 2.71. The van der Waals surface area contributed by atoms with E-state index in [2.05, 4.69) is 5.32 Å². The first-order chi connectivity index (χ1) is 13.9. The van der Waals surface area contributed by atoms with Crippen molar-refractivity contribution in [3.8, 4) is 17.2 Å². The molecule has 1 aliphatic heterocycles. The van der Waals surface area contributed by atoms with Gasteiger partial charge in [0.1, 0.15) is 5.57 Å². The van der Waals surface area contributed by atoms with E-state index >= 15 is 0 Å². The summed E-state index contributed by atoms with van der Waals surface area (Å²) in [6.07, 6.45) is 1.42. The zero-order valence-electron chi connectivity index (χ0n) is 15.8. The number of carbonyl (C=O) groups is 2. The second-order valence-corrected chi connectivity index (χ2v) is 6.68. The van der Waals surface area contributed by atoms with Crippen molar-refractivity contribution in [2.24, 2.45) is 0 Å². The summed E-state index contributed by atoms with van der Waals surface area (Å²) in [4.78, 5) is 26.8. The number of anilines is 1. The number of methoxy groups -OCH3 is 3. The lowest BCUT2D eigenvalue weighted by molar-refractivity contribution is -0.122. The average molecular weight is 433 g/mol. The van der Waals surface area contributed by atoms with Crippen LogP contribution in [0.4, 0.5) is 5.69 Å². The summed E-state index contributed by atoms with van der Waals surface area (Å²) in [7, 11) is 4.42. The third-order valence-electron chi connectivity index (χ3n) is 4.22. The molecule has 0 aliphatic carbocycles. The predicted molar refractivity (Wildman–Crippen MR) is 114 cm³/mol. The molecule has 1 aliphatic rings. The van der Waals surface area contributed by atoms with Crippen LogP contribution < -0.4 is 24.4 Å². The van der Waals surface area contributed by atoms with E-state index in [0.717, 1.165) is 0 Å². The van der Waals surface area contributed by atoms with Crippen molar-refractivity contribution in [2.45, 2.75) is 0 Å². The normalized spacial score (nSPS) is 15.4. The molecule has 9 heteroatoms. The van der Waals surface area contributed by atoms with Crippen molar-refractivity contribution in [3.05, 3.63) is 52.6 Å². The Kier molecular flexibility index (Phi) is 6.05. The quantitative estimate of drug-likeness (QED) is 0.444. The number of ether oxygens (including phenoxy) is 3. The van der Waals surface area contributed by atoms with Gasteiger partial charge in [-0.1, -0.05) is 11.6 Å². The predicted octanol–water partition coefficient (Wildman–Crippen LogP) is 3.20. The number of amides is 2. The summed E-state index contributed by atoms with van der Waals surface area (Å²) in [5.41, 5.74) is 0.834. The van der Waals surface area contributed by atoms with Gasteiger partial charge in [0.25, 0.3) is 11.8 Å². The highest BCUT2D eigenvalue weighted by Gasteiger charge is 2.34. The Morgan fingerprint density at radius 1 is 0.966 bits per heavy atom. The van der Waals surface area contributed by atoms with Gasteiger partial charge < -0.3 is 14.2 Å². The lowest BCUT2D eigenvalue weighted by Crippen LogP contribution is -2.54. The van der Waals surface area contributed by atoms with Gasteiger partial charge in [0.15, 0.2) is 16.6 Å². The van der Waals surface area contributed by atoms with Crippen molar-refractivity contribution in [1.29, 1.82) is 0 Å². The summed E-state index contributed by atoms with van der Waals surface area (Å²) < 4.78 is 16.0. The molecular formula is C20H17ClN2O5S. The van der Waals surface area contributed by atoms with Crippen molar-refractivity contribution in [1.82, 2.24) is 5.32 Å². The van der Waals surface area contributed by atoms with Gasteiger partial charge in [-0.15, -0.1) is 0 Å². The van der Waals surface area contributed by atoms with Crippen molar-refractivity contribution in [3.63, 3.8) is 0 Å². The van der Waals surface area contributed by atoms with Crippen LogP contribution in [-0.2, 0) is 9.59 Å². The first kappa shape index (κ1) is 20.6. The molecule has 1 N–H and O–H groups in total. The standard InChI is InChI=1S/C20H17ClN2O5S/c1-26-15-9-4-11(16(27-2)17(15)28-3)10-14-18(24)22-20(29)23(19(14)25)13-7-5-12(21)6-8-13/h4-10H,1-3H3,(H,22,24,29). The summed E-state index contributed by atoms with van der Waals surface area (Å²) in [5.74, 6) is -0.0564. The van der Waals surface area contributed by atoms with Crippen LogP contribution in [0.5, 0.6) is 17.2 Å². The number of halogens is 1. The number of rotatable bonds is 5. The Hall–Kier alpha value is -3.10. The van der Waals surface area contributed by atoms with Crippen LogP contribution in [-0.4, -0.2) is 38.3 Å². The first-order valence-corrected chi connectivity index (χ1v) is 9.15. The number of hydrogen-bond donors (Lipinski definition) is 1. The summed E-state index contributed by atoms with van der Waals surface area (Å²) in [5, 5.41) is 3.03. The van der Waals surface area contributed by atoms with E-state index in [1.807, 2.05) is 0 Å². The van der Waals surface area contributed by atoms with Crippen molar-refractivity contribution in [2.75, 3.05) is 26.2 Å². The van der Waals surface area contributed by atoms with Gasteiger partial charge in [-0.3, -0.25) is 19.8 Å². The molecule has 1 heterocycles. The monoisotopic (exact) mass is 432 g/mol. The molecule has 7 nitrogen and oxygen atoms in total. The molecule has 0 bridgehead atoms. The van der Waals surface area contributed by atoms with E-state index in [4.69, 9.17) is 38.0 Å². The molecule has 2 aromatic rings. The fourth-order valence-corrected chi connectivity index (χ4v) is 3.28. The van der Waals surface area contributed by atoms with Gasteiger partial charge in [0.05, 0.1) is 27.0 Å². The van der Waals surface area contributed by atoms with Crippen LogP contribution in [0.1, 0.15) is 5.56 Å². The SMILES string of the molecule is COc1ccc(C=C2C(=O)NC(=S)N(c3ccc(Cl)cc3)C2=O)c(OC)c1OC. The third kappa shape index (κ3) is 3.90. The van der Waals surface area contributed by atoms with Crippen LogP contribution in [0.3, 0.4) is 0 Å². The highest BCUT2D eigenvalue weighted by molar-refractivity contribution is 7.80. The molecule has 1 saturated heterocycles. The topological polar surface area (TPSA) is 77.1 Å². The Bertz CT molecular complexity index is 1020. The van der Waals surface area contributed by atoms with Crippen LogP contribution in [0.2, 0.25) is 5.02 Å². The molecule has 0 saturated carbocycles. The molecule has 150 valence electrons. The number of hydrogen-bond acceptors (Lipinski definition) is 6. The van der Waals surface area contributed by atoms with E-state index in [9.17, 15) is 9.59 Å². The zero-order valence-corrected chi connectivity index (χ0v) is 17.4. The summed E-state index contributed by atoms with van der Waals surface area (Å²) in [6.45, 7) is 0. The van der Waals surface area contributed by atoms with E-state index in [1.54, 1.807) is 36.4 Å². The lowest BCUT2D eigenvalue weighted by Gasteiger charge is -2.29. The third-order valence-corrected chi connectivity index (χ3v) is 4.76. The maximum absolute atomic E-state index is 13.1. The van der Waals surface area contributed by atoms with E-state index in [1.165, 1.54) is 32.3 Å². The van der Waals surface area contributed by atoms with E-state index in [-0.39, 0.29) is 10.7 Å². The Balaban J connectivity index is 2.08. The van der Waals surface area contributed by atoms with E-state index in [0.29, 0.717) is 33.5 Å². The molecular weight excluding hydrogens is 416 g/mol. The van der Waals surface area contributed by atoms with Crippen LogP contribution in [0.15, 0.2) is 42.0 Å². The minimum atomic E-state index is -0.609. The maximum atomic E-state index is 13.1. The van der Waals surface area contributed by atoms with Gasteiger partial charge in [0.2, 0.25) is 5.75 Å². The first-order valence-electron chi connectivity index (χ1n) is 8.37. The Morgan fingerprint density at radius 2 is 1.62 bits per heavy atom. The molecule has 29 heavy (non-hydrogen) atoms. The molecule has 0 atom stereocenters. The molecule has 0 unspecified atom stereocenters. The van der Waals surface area contributed by atoms with Crippen molar-refractivity contribution < 1.29 is 23.8 Å². The largest absolute Gasteiger partial charge is 0.493 e. The van der Waals surface area contributed by atoms with Crippen molar-refractivity contribution >= 4 is 52.5 Å². The molecule has 2 aromatic carbocycles. The number of benzene rings is 2. The van der Waals surface area contributed by atoms with Gasteiger partial charge in [-0.2, -0.15) is 0 Å². The molecule has 2 amide bonds. The number of nitrogens with zero attached hydrogens (tertiary/aromatic N) is 1. The van der Waals surface area contributed by atoms with Gasteiger partial charge >= 0.3 is 0 Å². The molecule has 3 rings (SSSR count). The minimum absolute atomic E-state index is 0.0150. The van der Waals surface area contributed by atoms with Crippen LogP contribution in [0, 0.1) is 0 Å². The fraction of sp³-hybridized carbons (Fsp3) is 0.150. The minimum Gasteiger partial charge on any atom is -0.493 e. The van der Waals surface area contributed by atoms with Gasteiger partial charge in [-0.25, -0.2) is 0 Å². The van der Waals surface area contributed by atoms with Crippen LogP contribution in [0.25, 0.3) is 6.08 Å². The Morgan fingerprint density at radius 3 is 2.21 bits per heavy atom. The summed E-state index contributed by atoms with van der Waals surface area (Å²) >= 11 is 11.1. The maximum Gasteiger partial charge on any atom is 0.270 e.